The highest BCUT2D eigenvalue weighted by Gasteiger charge is 2.55. The predicted molar refractivity (Wildman–Crippen MR) is 73.1 cm³/mol. The lowest BCUT2D eigenvalue weighted by Gasteiger charge is -2.45. The molecule has 24 heavy (non-hydrogen) atoms. The molecule has 1 aliphatic heterocycles. The number of esters is 1. The minimum absolute atomic E-state index is 0.00988. The van der Waals surface area contributed by atoms with Gasteiger partial charge in [-0.15, -0.1) is 0 Å². The summed E-state index contributed by atoms with van der Waals surface area (Å²) >= 11 is 0. The minimum atomic E-state index is -5.85. The van der Waals surface area contributed by atoms with Crippen LogP contribution in [0.2, 0.25) is 0 Å². The molecular weight excluding hydrogens is 355 g/mol. The fraction of sp³-hybridized carbons (Fsp3) is 0.385. The number of nitrogens with zero attached hydrogens (tertiary/aromatic N) is 1. The summed E-state index contributed by atoms with van der Waals surface area (Å²) in [6.07, 6.45) is 0. The molecule has 0 bridgehead atoms. The number of amides is 1. The molecule has 1 heterocycles. The largest absolute Gasteiger partial charge is 0.534 e. The maximum absolute atomic E-state index is 12.4. The first kappa shape index (κ1) is 18.0. The van der Waals surface area contributed by atoms with Crippen LogP contribution < -0.4 is 4.18 Å². The maximum Gasteiger partial charge on any atom is 0.534 e. The van der Waals surface area contributed by atoms with Crippen molar-refractivity contribution >= 4 is 22.0 Å². The minimum Gasteiger partial charge on any atom is -0.442 e. The number of ether oxygens (including phenoxy) is 1. The van der Waals surface area contributed by atoms with Gasteiger partial charge in [-0.2, -0.15) is 21.6 Å². The van der Waals surface area contributed by atoms with Crippen LogP contribution in [0.25, 0.3) is 0 Å². The molecule has 132 valence electrons. The van der Waals surface area contributed by atoms with E-state index in [9.17, 15) is 31.2 Å². The summed E-state index contributed by atoms with van der Waals surface area (Å²) in [5.74, 6) is -2.02. The summed E-state index contributed by atoms with van der Waals surface area (Å²) in [5, 5.41) is 0. The van der Waals surface area contributed by atoms with E-state index in [4.69, 9.17) is 4.74 Å². The van der Waals surface area contributed by atoms with Gasteiger partial charge in [0.2, 0.25) is 5.60 Å². The number of carbonyl (C=O) groups is 2. The van der Waals surface area contributed by atoms with Crippen LogP contribution in [-0.2, 0) is 30.0 Å². The zero-order chi connectivity index (χ0) is 18.3. The summed E-state index contributed by atoms with van der Waals surface area (Å²) < 4.78 is 68.3. The summed E-state index contributed by atoms with van der Waals surface area (Å²) in [6.45, 7) is 1.04. The first-order valence-corrected chi connectivity index (χ1v) is 7.86. The molecule has 0 N–H and O–H groups in total. The lowest BCUT2D eigenvalue weighted by Crippen LogP contribution is -2.64. The van der Waals surface area contributed by atoms with E-state index in [0.29, 0.717) is 0 Å². The van der Waals surface area contributed by atoms with Gasteiger partial charge in [0, 0.05) is 19.5 Å². The highest BCUT2D eigenvalue weighted by molar-refractivity contribution is 7.88. The van der Waals surface area contributed by atoms with Crippen molar-refractivity contribution in [2.75, 3.05) is 13.6 Å². The highest BCUT2D eigenvalue weighted by atomic mass is 32.2. The zero-order valence-corrected chi connectivity index (χ0v) is 13.3. The second kappa shape index (κ2) is 5.65. The van der Waals surface area contributed by atoms with E-state index >= 15 is 0 Å². The number of likely N-dealkylation sites (N-methyl/N-ethyl adjacent to an activating group) is 1. The van der Waals surface area contributed by atoms with E-state index in [1.807, 2.05) is 0 Å². The molecular formula is C13H12F3NO6S. The van der Waals surface area contributed by atoms with Gasteiger partial charge in [0.15, 0.2) is 0 Å². The molecule has 0 spiro atoms. The average molecular weight is 367 g/mol. The molecule has 1 unspecified atom stereocenters. The van der Waals surface area contributed by atoms with Gasteiger partial charge in [0.25, 0.3) is 5.91 Å². The standard InChI is InChI=1S/C13H12F3NO6S/c1-8(18)22-12(7-17(2)11(12)19)9-4-3-5-10(6-9)23-24(20,21)13(14,15)16/h3-6H,7H2,1-2H3. The van der Waals surface area contributed by atoms with Crippen molar-refractivity contribution < 1.29 is 40.1 Å². The lowest BCUT2D eigenvalue weighted by molar-refractivity contribution is -0.193. The fourth-order valence-corrected chi connectivity index (χ4v) is 2.71. The Balaban J connectivity index is 2.39. The van der Waals surface area contributed by atoms with Gasteiger partial charge in [-0.3, -0.25) is 9.59 Å². The van der Waals surface area contributed by atoms with Gasteiger partial charge < -0.3 is 13.8 Å². The Morgan fingerprint density at radius 2 is 1.96 bits per heavy atom. The Morgan fingerprint density at radius 1 is 1.33 bits per heavy atom. The van der Waals surface area contributed by atoms with Crippen molar-refractivity contribution in [3.63, 3.8) is 0 Å². The number of benzene rings is 1. The van der Waals surface area contributed by atoms with E-state index in [1.54, 1.807) is 0 Å². The smallest absolute Gasteiger partial charge is 0.442 e. The van der Waals surface area contributed by atoms with Crippen LogP contribution in [0.4, 0.5) is 13.2 Å². The number of hydrogen-bond donors (Lipinski definition) is 0. The van der Waals surface area contributed by atoms with Crippen LogP contribution >= 0.6 is 0 Å². The summed E-state index contributed by atoms with van der Waals surface area (Å²) in [4.78, 5) is 24.6. The van der Waals surface area contributed by atoms with Crippen molar-refractivity contribution in [3.05, 3.63) is 29.8 Å². The van der Waals surface area contributed by atoms with E-state index < -0.39 is 38.9 Å². The number of halogens is 3. The van der Waals surface area contributed by atoms with Crippen molar-refractivity contribution in [1.82, 2.24) is 4.90 Å². The number of likely N-dealkylation sites (tertiary alicyclic amines) is 1. The molecule has 0 aromatic heterocycles. The monoisotopic (exact) mass is 367 g/mol. The molecule has 11 heteroatoms. The fourth-order valence-electron chi connectivity index (χ4n) is 2.26. The molecule has 0 radical (unpaired) electrons. The normalized spacial score (nSPS) is 21.2. The molecule has 1 aromatic rings. The molecule has 1 aromatic carbocycles. The van der Waals surface area contributed by atoms with E-state index in [2.05, 4.69) is 4.18 Å². The van der Waals surface area contributed by atoms with Crippen molar-refractivity contribution in [2.45, 2.75) is 18.0 Å². The average Bonchev–Trinajstić information content (AvgIpc) is 2.44. The topological polar surface area (TPSA) is 90.0 Å². The Morgan fingerprint density at radius 3 is 2.42 bits per heavy atom. The second-order valence-corrected chi connectivity index (χ2v) is 6.63. The first-order chi connectivity index (χ1) is 10.9. The maximum atomic E-state index is 12.4. The van der Waals surface area contributed by atoms with Gasteiger partial charge in [0.1, 0.15) is 5.75 Å². The molecule has 0 aliphatic carbocycles. The van der Waals surface area contributed by atoms with E-state index in [-0.39, 0.29) is 12.1 Å². The number of alkyl halides is 3. The highest BCUT2D eigenvalue weighted by Crippen LogP contribution is 2.38. The lowest BCUT2D eigenvalue weighted by atomic mass is 9.85. The summed E-state index contributed by atoms with van der Waals surface area (Å²) in [5.41, 5.74) is -7.29. The molecule has 2 rings (SSSR count). The second-order valence-electron chi connectivity index (χ2n) is 5.09. The van der Waals surface area contributed by atoms with E-state index in [0.717, 1.165) is 19.1 Å². The molecule has 1 amide bonds. The molecule has 1 atom stereocenters. The Hall–Kier alpha value is -2.30. The van der Waals surface area contributed by atoms with Crippen LogP contribution in [0.15, 0.2) is 24.3 Å². The summed E-state index contributed by atoms with van der Waals surface area (Å²) in [7, 11) is -4.41. The third-order valence-electron chi connectivity index (χ3n) is 3.26. The van der Waals surface area contributed by atoms with E-state index in [1.165, 1.54) is 24.1 Å². The Bertz CT molecular complexity index is 791. The van der Waals surface area contributed by atoms with Gasteiger partial charge in [-0.1, -0.05) is 12.1 Å². The third-order valence-corrected chi connectivity index (χ3v) is 4.24. The van der Waals surface area contributed by atoms with Gasteiger partial charge in [-0.05, 0) is 12.1 Å². The van der Waals surface area contributed by atoms with Crippen LogP contribution in [0.5, 0.6) is 5.75 Å². The Labute approximate surface area is 135 Å². The van der Waals surface area contributed by atoms with Crippen LogP contribution in [0.3, 0.4) is 0 Å². The number of rotatable bonds is 4. The SMILES string of the molecule is CC(=O)OC1(c2cccc(OS(=O)(=O)C(F)(F)F)c2)CN(C)C1=O. The summed E-state index contributed by atoms with van der Waals surface area (Å²) in [6, 6.07) is 4.40. The quantitative estimate of drug-likeness (QED) is 0.343. The van der Waals surface area contributed by atoms with Crippen molar-refractivity contribution in [3.8, 4) is 5.75 Å². The zero-order valence-electron chi connectivity index (χ0n) is 12.5. The molecule has 7 nitrogen and oxygen atoms in total. The molecule has 1 aliphatic rings. The molecule has 0 saturated carbocycles. The van der Waals surface area contributed by atoms with Crippen LogP contribution in [0.1, 0.15) is 12.5 Å². The molecule has 1 fully saturated rings. The third kappa shape index (κ3) is 3.03. The van der Waals surface area contributed by atoms with Crippen molar-refractivity contribution in [1.29, 1.82) is 0 Å². The first-order valence-electron chi connectivity index (χ1n) is 6.45. The van der Waals surface area contributed by atoms with Crippen LogP contribution in [0, 0.1) is 0 Å². The molecule has 1 saturated heterocycles. The number of β-lactam (4-membered cyclic amide) rings is 1. The van der Waals surface area contributed by atoms with Gasteiger partial charge in [-0.25, -0.2) is 0 Å². The number of carbonyl (C=O) groups excluding carboxylic acids is 2. The Kier molecular flexibility index (Phi) is 4.25. The van der Waals surface area contributed by atoms with Gasteiger partial charge >= 0.3 is 21.6 Å². The predicted octanol–water partition coefficient (Wildman–Crippen LogP) is 1.15. The van der Waals surface area contributed by atoms with Crippen LogP contribution in [-0.4, -0.2) is 44.3 Å². The van der Waals surface area contributed by atoms with Crippen molar-refractivity contribution in [2.24, 2.45) is 0 Å². The number of hydrogen-bond acceptors (Lipinski definition) is 6. The van der Waals surface area contributed by atoms with Gasteiger partial charge in [0.05, 0.1) is 6.54 Å².